The lowest BCUT2D eigenvalue weighted by molar-refractivity contribution is 0.757. The molecule has 0 radical (unpaired) electrons. The summed E-state index contributed by atoms with van der Waals surface area (Å²) in [5.74, 6) is 0.879. The predicted molar refractivity (Wildman–Crippen MR) is 73.4 cm³/mol. The van der Waals surface area contributed by atoms with Crippen LogP contribution in [0.25, 0.3) is 0 Å². The third-order valence-electron chi connectivity index (χ3n) is 3.26. The predicted octanol–water partition coefficient (Wildman–Crippen LogP) is 3.60. The van der Waals surface area contributed by atoms with Crippen LogP contribution in [0.5, 0.6) is 0 Å². The smallest absolute Gasteiger partial charge is 0.137 e. The highest BCUT2D eigenvalue weighted by molar-refractivity contribution is 6.29. The first-order valence-electron chi connectivity index (χ1n) is 6.17. The van der Waals surface area contributed by atoms with Gasteiger partial charge in [-0.15, -0.1) is 0 Å². The third-order valence-corrected chi connectivity index (χ3v) is 3.46. The Balaban J connectivity index is 2.06. The van der Waals surface area contributed by atoms with Crippen LogP contribution in [0.1, 0.15) is 18.4 Å². The molecule has 2 heterocycles. The van der Waals surface area contributed by atoms with E-state index in [1.165, 1.54) is 24.0 Å². The molecule has 18 heavy (non-hydrogen) atoms. The van der Waals surface area contributed by atoms with Crippen LogP contribution in [0.3, 0.4) is 0 Å². The van der Waals surface area contributed by atoms with Crippen LogP contribution in [-0.2, 0) is 6.42 Å². The lowest BCUT2D eigenvalue weighted by Gasteiger charge is -2.23. The van der Waals surface area contributed by atoms with Gasteiger partial charge in [0.2, 0.25) is 0 Å². The Bertz CT molecular complexity index is 556. The number of aryl methyl sites for hydroxylation is 1. The molecule has 0 unspecified atom stereocenters. The van der Waals surface area contributed by atoms with Gasteiger partial charge in [0.05, 0.1) is 0 Å². The number of aromatic nitrogens is 2. The lowest BCUT2D eigenvalue weighted by atomic mass is 10.1. The Labute approximate surface area is 111 Å². The minimum absolute atomic E-state index is 0.488. The van der Waals surface area contributed by atoms with Crippen LogP contribution in [0.15, 0.2) is 36.7 Å². The monoisotopic (exact) mass is 259 g/mol. The van der Waals surface area contributed by atoms with Gasteiger partial charge in [-0.05, 0) is 30.9 Å². The van der Waals surface area contributed by atoms with Crippen molar-refractivity contribution in [2.75, 3.05) is 11.4 Å². The molecule has 4 heteroatoms. The van der Waals surface area contributed by atoms with Crippen LogP contribution >= 0.6 is 11.6 Å². The van der Waals surface area contributed by atoms with E-state index in [2.05, 4.69) is 39.1 Å². The summed E-state index contributed by atoms with van der Waals surface area (Å²) in [6.07, 6.45) is 5.03. The molecular weight excluding hydrogens is 246 g/mol. The van der Waals surface area contributed by atoms with Gasteiger partial charge in [0.1, 0.15) is 17.3 Å². The average Bonchev–Trinajstić information content (AvgIpc) is 2.61. The molecule has 0 amide bonds. The zero-order valence-electron chi connectivity index (χ0n) is 10.0. The summed E-state index contributed by atoms with van der Waals surface area (Å²) in [5.41, 5.74) is 2.62. The largest absolute Gasteiger partial charge is 0.326 e. The lowest BCUT2D eigenvalue weighted by Crippen LogP contribution is -2.19. The van der Waals surface area contributed by atoms with Crippen LogP contribution in [0, 0.1) is 0 Å². The van der Waals surface area contributed by atoms with Gasteiger partial charge in [0.25, 0.3) is 0 Å². The highest BCUT2D eigenvalue weighted by Gasteiger charge is 2.17. The summed E-state index contributed by atoms with van der Waals surface area (Å²) >= 11 is 5.95. The second kappa shape index (κ2) is 4.94. The van der Waals surface area contributed by atoms with Gasteiger partial charge in [0, 0.05) is 18.3 Å². The summed E-state index contributed by atoms with van der Waals surface area (Å²) in [4.78, 5) is 10.5. The molecule has 0 aliphatic carbocycles. The normalized spacial score (nSPS) is 15.1. The molecule has 1 aromatic heterocycles. The molecule has 0 fully saturated rings. The minimum atomic E-state index is 0.488. The molecule has 3 nitrogen and oxygen atoms in total. The molecule has 92 valence electrons. The molecule has 0 atom stereocenters. The summed E-state index contributed by atoms with van der Waals surface area (Å²) in [7, 11) is 0. The molecule has 0 bridgehead atoms. The molecule has 1 aliphatic heterocycles. The quantitative estimate of drug-likeness (QED) is 0.733. The fourth-order valence-corrected chi connectivity index (χ4v) is 2.54. The number of anilines is 2. The maximum absolute atomic E-state index is 5.95. The second-order valence-corrected chi connectivity index (χ2v) is 4.82. The van der Waals surface area contributed by atoms with E-state index in [1.54, 1.807) is 0 Å². The number of para-hydroxylation sites is 1. The van der Waals surface area contributed by atoms with Gasteiger partial charge in [-0.1, -0.05) is 29.8 Å². The van der Waals surface area contributed by atoms with Crippen molar-refractivity contribution in [3.8, 4) is 0 Å². The number of fused-ring (bicyclic) bond motifs is 1. The van der Waals surface area contributed by atoms with Gasteiger partial charge in [-0.3, -0.25) is 0 Å². The van der Waals surface area contributed by atoms with E-state index in [4.69, 9.17) is 11.6 Å². The van der Waals surface area contributed by atoms with Gasteiger partial charge in [0.15, 0.2) is 0 Å². The number of hydrogen-bond donors (Lipinski definition) is 0. The first-order valence-corrected chi connectivity index (χ1v) is 6.55. The van der Waals surface area contributed by atoms with Crippen molar-refractivity contribution in [2.24, 2.45) is 0 Å². The van der Waals surface area contributed by atoms with Crippen molar-refractivity contribution in [2.45, 2.75) is 19.3 Å². The Hall–Kier alpha value is -1.61. The van der Waals surface area contributed by atoms with Crippen molar-refractivity contribution >= 4 is 23.1 Å². The molecule has 0 N–H and O–H groups in total. The van der Waals surface area contributed by atoms with Gasteiger partial charge < -0.3 is 4.90 Å². The van der Waals surface area contributed by atoms with E-state index < -0.39 is 0 Å². The van der Waals surface area contributed by atoms with Crippen molar-refractivity contribution in [3.63, 3.8) is 0 Å². The van der Waals surface area contributed by atoms with Crippen LogP contribution < -0.4 is 4.90 Å². The van der Waals surface area contributed by atoms with E-state index in [1.807, 2.05) is 6.07 Å². The number of nitrogens with zero attached hydrogens (tertiary/aromatic N) is 3. The van der Waals surface area contributed by atoms with Crippen LogP contribution in [0.4, 0.5) is 11.5 Å². The Kier molecular flexibility index (Phi) is 3.15. The Morgan fingerprint density at radius 3 is 2.89 bits per heavy atom. The van der Waals surface area contributed by atoms with Gasteiger partial charge >= 0.3 is 0 Å². The number of halogens is 1. The van der Waals surface area contributed by atoms with E-state index in [0.29, 0.717) is 5.15 Å². The molecule has 0 saturated carbocycles. The van der Waals surface area contributed by atoms with Crippen molar-refractivity contribution < 1.29 is 0 Å². The van der Waals surface area contributed by atoms with Crippen LogP contribution in [0.2, 0.25) is 5.15 Å². The maximum Gasteiger partial charge on any atom is 0.137 e. The molecule has 1 aliphatic rings. The topological polar surface area (TPSA) is 29.0 Å². The van der Waals surface area contributed by atoms with Crippen LogP contribution in [-0.4, -0.2) is 16.5 Å². The zero-order valence-corrected chi connectivity index (χ0v) is 10.8. The molecule has 0 spiro atoms. The Morgan fingerprint density at radius 2 is 2.00 bits per heavy atom. The third kappa shape index (κ3) is 2.18. The molecule has 3 rings (SSSR count). The number of hydrogen-bond acceptors (Lipinski definition) is 3. The Morgan fingerprint density at radius 1 is 1.11 bits per heavy atom. The van der Waals surface area contributed by atoms with E-state index >= 15 is 0 Å². The maximum atomic E-state index is 5.95. The zero-order chi connectivity index (χ0) is 12.4. The first-order chi connectivity index (χ1) is 8.84. The summed E-state index contributed by atoms with van der Waals surface area (Å²) in [6.45, 7) is 0.977. The standard InChI is InChI=1S/C14H14ClN3/c15-13-9-14(17-10-16-13)18-8-4-3-6-11-5-1-2-7-12(11)18/h1-2,5,7,9-10H,3-4,6,8H2. The summed E-state index contributed by atoms with van der Waals surface area (Å²) < 4.78 is 0. The van der Waals surface area contributed by atoms with E-state index in [0.717, 1.165) is 25.2 Å². The SMILES string of the molecule is Clc1cc(N2CCCCc3ccccc32)ncn1. The number of rotatable bonds is 1. The minimum Gasteiger partial charge on any atom is -0.326 e. The van der Waals surface area contributed by atoms with Crippen molar-refractivity contribution in [3.05, 3.63) is 47.4 Å². The first kappa shape index (κ1) is 11.5. The summed E-state index contributed by atoms with van der Waals surface area (Å²) in [5, 5.41) is 0.488. The fourth-order valence-electron chi connectivity index (χ4n) is 2.40. The summed E-state index contributed by atoms with van der Waals surface area (Å²) in [6, 6.07) is 10.3. The fraction of sp³-hybridized carbons (Fsp3) is 0.286. The van der Waals surface area contributed by atoms with Crippen molar-refractivity contribution in [1.82, 2.24) is 9.97 Å². The molecule has 2 aromatic rings. The van der Waals surface area contributed by atoms with E-state index in [-0.39, 0.29) is 0 Å². The van der Waals surface area contributed by atoms with E-state index in [9.17, 15) is 0 Å². The number of benzene rings is 1. The van der Waals surface area contributed by atoms with Crippen molar-refractivity contribution in [1.29, 1.82) is 0 Å². The highest BCUT2D eigenvalue weighted by atomic mass is 35.5. The molecule has 1 aromatic carbocycles. The molecular formula is C14H14ClN3. The molecule has 0 saturated heterocycles. The van der Waals surface area contributed by atoms with Gasteiger partial charge in [-0.25, -0.2) is 9.97 Å². The van der Waals surface area contributed by atoms with Gasteiger partial charge in [-0.2, -0.15) is 0 Å². The average molecular weight is 260 g/mol. The second-order valence-electron chi connectivity index (χ2n) is 4.44. The highest BCUT2D eigenvalue weighted by Crippen LogP contribution is 2.31.